The van der Waals surface area contributed by atoms with E-state index < -0.39 is 16.0 Å². The van der Waals surface area contributed by atoms with Crippen molar-refractivity contribution in [1.29, 1.82) is 0 Å². The highest BCUT2D eigenvalue weighted by molar-refractivity contribution is 7.92. The van der Waals surface area contributed by atoms with E-state index in [0.29, 0.717) is 27.9 Å². The van der Waals surface area contributed by atoms with Crippen LogP contribution in [0.25, 0.3) is 22.1 Å². The number of fused-ring (bicyclic) bond motifs is 1. The number of nitrogens with zero attached hydrogens (tertiary/aromatic N) is 2. The zero-order chi connectivity index (χ0) is 19.7. The number of sulfonamides is 1. The van der Waals surface area contributed by atoms with Crippen LogP contribution in [0.2, 0.25) is 0 Å². The monoisotopic (exact) mass is 398 g/mol. The Kier molecular flexibility index (Phi) is 4.44. The van der Waals surface area contributed by atoms with Crippen molar-refractivity contribution < 1.29 is 17.2 Å². The Morgan fingerprint density at radius 1 is 1.04 bits per heavy atom. The summed E-state index contributed by atoms with van der Waals surface area (Å²) in [4.78, 5) is 7.82. The van der Waals surface area contributed by atoms with E-state index in [4.69, 9.17) is 4.42 Å². The van der Waals surface area contributed by atoms with E-state index in [9.17, 15) is 12.8 Å². The second-order valence-corrected chi connectivity index (χ2v) is 7.90. The third-order valence-corrected chi connectivity index (χ3v) is 4.53. The highest BCUT2D eigenvalue weighted by Gasteiger charge is 2.10. The first-order chi connectivity index (χ1) is 13.4. The molecule has 0 saturated carbocycles. The molecule has 0 radical (unpaired) electrons. The van der Waals surface area contributed by atoms with Crippen molar-refractivity contribution in [3.8, 4) is 11.3 Å². The number of pyridine rings is 1. The van der Waals surface area contributed by atoms with Gasteiger partial charge in [0.05, 0.1) is 18.1 Å². The molecule has 0 bridgehead atoms. The molecule has 0 fully saturated rings. The second kappa shape index (κ2) is 6.93. The predicted octanol–water partition coefficient (Wildman–Crippen LogP) is 4.14. The Labute approximate surface area is 160 Å². The molecular formula is C19H15FN4O3S. The van der Waals surface area contributed by atoms with Gasteiger partial charge in [0.25, 0.3) is 6.01 Å². The normalized spacial score (nSPS) is 11.5. The lowest BCUT2D eigenvalue weighted by atomic mass is 10.1. The van der Waals surface area contributed by atoms with Gasteiger partial charge in [-0.3, -0.25) is 4.72 Å². The zero-order valence-corrected chi connectivity index (χ0v) is 15.5. The van der Waals surface area contributed by atoms with E-state index in [1.54, 1.807) is 54.7 Å². The van der Waals surface area contributed by atoms with E-state index in [-0.39, 0.29) is 6.01 Å². The molecule has 0 spiro atoms. The fraction of sp³-hybridized carbons (Fsp3) is 0.0526. The standard InChI is InChI=1S/C19H15FN4O3S/c1-28(25,26)24-15-4-2-3-14(10-15)23-19-22-11-17(27-19)13-5-6-16-12(9-13)7-8-21-18(16)20/h2-11,24H,1H3,(H,22,23). The molecule has 9 heteroatoms. The molecule has 142 valence electrons. The Balaban J connectivity index is 1.58. The predicted molar refractivity (Wildman–Crippen MR) is 105 cm³/mol. The number of nitrogens with one attached hydrogen (secondary N) is 2. The minimum atomic E-state index is -3.37. The first-order valence-electron chi connectivity index (χ1n) is 8.23. The summed E-state index contributed by atoms with van der Waals surface area (Å²) in [7, 11) is -3.37. The SMILES string of the molecule is CS(=O)(=O)Nc1cccc(Nc2ncc(-c3ccc4c(F)nccc4c3)o2)c1. The topological polar surface area (TPSA) is 97.1 Å². The molecule has 2 aromatic heterocycles. The third kappa shape index (κ3) is 3.94. The maximum Gasteiger partial charge on any atom is 0.299 e. The zero-order valence-electron chi connectivity index (χ0n) is 14.7. The average Bonchev–Trinajstić information content (AvgIpc) is 3.09. The van der Waals surface area contributed by atoms with Crippen LogP contribution in [-0.4, -0.2) is 24.6 Å². The van der Waals surface area contributed by atoms with Crippen LogP contribution < -0.4 is 10.0 Å². The van der Waals surface area contributed by atoms with Gasteiger partial charge in [-0.1, -0.05) is 12.1 Å². The number of halogens is 1. The lowest BCUT2D eigenvalue weighted by Crippen LogP contribution is -2.09. The van der Waals surface area contributed by atoms with Gasteiger partial charge in [-0.2, -0.15) is 4.39 Å². The van der Waals surface area contributed by atoms with Crippen molar-refractivity contribution in [1.82, 2.24) is 9.97 Å². The number of hydrogen-bond acceptors (Lipinski definition) is 6. The van der Waals surface area contributed by atoms with Crippen LogP contribution in [0.4, 0.5) is 21.8 Å². The number of oxazole rings is 1. The van der Waals surface area contributed by atoms with Crippen LogP contribution in [0.1, 0.15) is 0 Å². The van der Waals surface area contributed by atoms with Gasteiger partial charge in [-0.25, -0.2) is 18.4 Å². The summed E-state index contributed by atoms with van der Waals surface area (Å²) in [6, 6.07) is 13.8. The number of benzene rings is 2. The summed E-state index contributed by atoms with van der Waals surface area (Å²) in [5.74, 6) is -0.0152. The molecule has 0 aliphatic carbocycles. The largest absolute Gasteiger partial charge is 0.423 e. The molecule has 4 aromatic rings. The smallest absolute Gasteiger partial charge is 0.299 e. The van der Waals surface area contributed by atoms with Crippen LogP contribution in [0, 0.1) is 5.95 Å². The highest BCUT2D eigenvalue weighted by atomic mass is 32.2. The van der Waals surface area contributed by atoms with E-state index in [2.05, 4.69) is 20.0 Å². The minimum Gasteiger partial charge on any atom is -0.423 e. The molecule has 0 aliphatic heterocycles. The number of hydrogen-bond donors (Lipinski definition) is 2. The van der Waals surface area contributed by atoms with Crippen LogP contribution >= 0.6 is 0 Å². The van der Waals surface area contributed by atoms with Crippen molar-refractivity contribution in [2.45, 2.75) is 0 Å². The van der Waals surface area contributed by atoms with Gasteiger partial charge in [0.1, 0.15) is 0 Å². The molecule has 0 amide bonds. The van der Waals surface area contributed by atoms with Crippen LogP contribution in [0.15, 0.2) is 65.3 Å². The second-order valence-electron chi connectivity index (χ2n) is 6.15. The molecular weight excluding hydrogens is 383 g/mol. The van der Waals surface area contributed by atoms with Crippen LogP contribution in [0.5, 0.6) is 0 Å². The van der Waals surface area contributed by atoms with Gasteiger partial charge in [0.15, 0.2) is 5.76 Å². The molecule has 2 N–H and O–H groups in total. The molecule has 7 nitrogen and oxygen atoms in total. The summed E-state index contributed by atoms with van der Waals surface area (Å²) in [6.45, 7) is 0. The lowest BCUT2D eigenvalue weighted by molar-refractivity contribution is 0.591. The fourth-order valence-electron chi connectivity index (χ4n) is 2.76. The molecule has 0 saturated heterocycles. The summed E-state index contributed by atoms with van der Waals surface area (Å²) in [5.41, 5.74) is 1.77. The Morgan fingerprint density at radius 3 is 2.68 bits per heavy atom. The van der Waals surface area contributed by atoms with E-state index >= 15 is 0 Å². The molecule has 2 aromatic carbocycles. The molecule has 2 heterocycles. The Morgan fingerprint density at radius 2 is 1.86 bits per heavy atom. The quantitative estimate of drug-likeness (QED) is 0.490. The summed E-state index contributed by atoms with van der Waals surface area (Å²) in [6.07, 6.45) is 4.05. The van der Waals surface area contributed by atoms with Crippen molar-refractivity contribution in [3.63, 3.8) is 0 Å². The highest BCUT2D eigenvalue weighted by Crippen LogP contribution is 2.28. The van der Waals surface area contributed by atoms with E-state index in [1.165, 1.54) is 6.20 Å². The van der Waals surface area contributed by atoms with Crippen molar-refractivity contribution in [2.75, 3.05) is 16.3 Å². The van der Waals surface area contributed by atoms with Gasteiger partial charge in [0.2, 0.25) is 16.0 Å². The van der Waals surface area contributed by atoms with E-state index in [1.807, 2.05) is 0 Å². The number of anilines is 3. The third-order valence-electron chi connectivity index (χ3n) is 3.92. The molecule has 28 heavy (non-hydrogen) atoms. The van der Waals surface area contributed by atoms with Crippen molar-refractivity contribution in [3.05, 3.63) is 66.9 Å². The van der Waals surface area contributed by atoms with Gasteiger partial charge in [-0.15, -0.1) is 0 Å². The van der Waals surface area contributed by atoms with E-state index in [0.717, 1.165) is 11.8 Å². The van der Waals surface area contributed by atoms with Gasteiger partial charge in [-0.05, 0) is 41.8 Å². The first-order valence-corrected chi connectivity index (χ1v) is 10.1. The van der Waals surface area contributed by atoms with Crippen molar-refractivity contribution in [2.24, 2.45) is 0 Å². The number of aromatic nitrogens is 2. The van der Waals surface area contributed by atoms with Gasteiger partial charge >= 0.3 is 0 Å². The molecule has 0 aliphatic rings. The van der Waals surface area contributed by atoms with Crippen molar-refractivity contribution >= 4 is 38.2 Å². The average molecular weight is 398 g/mol. The molecule has 0 atom stereocenters. The lowest BCUT2D eigenvalue weighted by Gasteiger charge is -2.06. The summed E-state index contributed by atoms with van der Waals surface area (Å²) >= 11 is 0. The Bertz CT molecular complexity index is 1270. The summed E-state index contributed by atoms with van der Waals surface area (Å²) in [5, 5.41) is 4.12. The minimum absolute atomic E-state index is 0.243. The Hall–Kier alpha value is -3.46. The number of rotatable bonds is 5. The first kappa shape index (κ1) is 17.9. The van der Waals surface area contributed by atoms with Crippen LogP contribution in [-0.2, 0) is 10.0 Å². The van der Waals surface area contributed by atoms with Crippen LogP contribution in [0.3, 0.4) is 0 Å². The fourth-order valence-corrected chi connectivity index (χ4v) is 3.31. The molecule has 0 unspecified atom stereocenters. The van der Waals surface area contributed by atoms with Gasteiger partial charge < -0.3 is 9.73 Å². The maximum absolute atomic E-state index is 13.7. The van der Waals surface area contributed by atoms with Gasteiger partial charge in [0, 0.05) is 22.8 Å². The summed E-state index contributed by atoms with van der Waals surface area (Å²) < 4.78 is 44.5. The molecule has 4 rings (SSSR count). The maximum atomic E-state index is 13.7.